The van der Waals surface area contributed by atoms with Crippen LogP contribution in [0.3, 0.4) is 0 Å². The Morgan fingerprint density at radius 3 is 1.62 bits per heavy atom. The molecule has 2 heterocycles. The van der Waals surface area contributed by atoms with Crippen LogP contribution in [0.4, 0.5) is 4.79 Å². The minimum atomic E-state index is -1.66. The highest BCUT2D eigenvalue weighted by molar-refractivity contribution is 7.98. The number of fused-ring (bicyclic) bond motifs is 2. The Balaban J connectivity index is 1.41. The van der Waals surface area contributed by atoms with Gasteiger partial charge in [0.2, 0.25) is 29.5 Å². The number of ether oxygens (including phenoxy) is 1. The number of alkyl carbamates (subject to hydrolysis) is 1. The quantitative estimate of drug-likeness (QED) is 0.0520. The minimum Gasteiger partial charge on any atom is -0.481 e. The van der Waals surface area contributed by atoms with Crippen LogP contribution in [0, 0.1) is 0 Å². The van der Waals surface area contributed by atoms with Gasteiger partial charge in [0.1, 0.15) is 35.8 Å². The lowest BCUT2D eigenvalue weighted by atomic mass is 10.0. The van der Waals surface area contributed by atoms with Gasteiger partial charge < -0.3 is 52.1 Å². The van der Waals surface area contributed by atoms with E-state index in [2.05, 4.69) is 36.6 Å². The normalized spacial score (nSPS) is 13.8. The first-order valence-corrected chi connectivity index (χ1v) is 21.8. The third-order valence-corrected chi connectivity index (χ3v) is 10.7. The van der Waals surface area contributed by atoms with Crippen LogP contribution in [0.1, 0.15) is 50.3 Å². The maximum atomic E-state index is 14.5. The van der Waals surface area contributed by atoms with E-state index in [1.54, 1.807) is 69.8 Å². The van der Waals surface area contributed by atoms with E-state index >= 15 is 0 Å². The molecule has 17 nitrogen and oxygen atoms in total. The monoisotopic (exact) mass is 882 g/mol. The summed E-state index contributed by atoms with van der Waals surface area (Å²) in [6.45, 7) is 5.06. The van der Waals surface area contributed by atoms with E-state index in [0.717, 1.165) is 27.4 Å². The minimum absolute atomic E-state index is 0.0154. The number of nitrogens with two attached hydrogens (primary N) is 1. The molecule has 334 valence electrons. The number of carboxylic acids is 1. The molecule has 0 radical (unpaired) electrons. The number of nitrogens with one attached hydrogen (secondary N) is 7. The van der Waals surface area contributed by atoms with Crippen LogP contribution in [0.25, 0.3) is 21.8 Å². The number of aromatic amines is 2. The van der Waals surface area contributed by atoms with Gasteiger partial charge in [-0.3, -0.25) is 28.8 Å². The number of primary amides is 1. The molecule has 0 bridgehead atoms. The average molecular weight is 883 g/mol. The highest BCUT2D eigenvalue weighted by atomic mass is 32.2. The molecule has 2 aromatic heterocycles. The Hall–Kier alpha value is -6.82. The van der Waals surface area contributed by atoms with E-state index in [1.165, 1.54) is 11.8 Å². The highest BCUT2D eigenvalue weighted by Gasteiger charge is 2.34. The Morgan fingerprint density at radius 1 is 0.635 bits per heavy atom. The number of hydrogen-bond acceptors (Lipinski definition) is 9. The molecule has 0 aliphatic rings. The Morgan fingerprint density at radius 2 is 1.10 bits per heavy atom. The molecule has 3 aromatic carbocycles. The number of carboxylic acid groups (broad SMARTS) is 1. The topological polar surface area (TPSA) is 267 Å². The fraction of sp³-hybridized carbons (Fsp3) is 0.356. The van der Waals surface area contributed by atoms with Crippen LogP contribution in [0.2, 0.25) is 0 Å². The second-order valence-electron chi connectivity index (χ2n) is 16.0. The van der Waals surface area contributed by atoms with Crippen LogP contribution < -0.4 is 32.3 Å². The number of carbonyl (C=O) groups excluding carboxylic acids is 6. The van der Waals surface area contributed by atoms with Crippen molar-refractivity contribution in [3.8, 4) is 0 Å². The van der Waals surface area contributed by atoms with E-state index in [0.29, 0.717) is 16.9 Å². The van der Waals surface area contributed by atoms with Crippen molar-refractivity contribution >= 4 is 75.2 Å². The van der Waals surface area contributed by atoms with Gasteiger partial charge in [0.15, 0.2) is 0 Å². The zero-order valence-corrected chi connectivity index (χ0v) is 36.3. The lowest BCUT2D eigenvalue weighted by Crippen LogP contribution is -2.60. The predicted octanol–water partition coefficient (Wildman–Crippen LogP) is 3.22. The number of thioether (sulfide) groups is 1. The average Bonchev–Trinajstić information content (AvgIpc) is 3.84. The molecular formula is C45H54N8O9S. The Labute approximate surface area is 368 Å². The van der Waals surface area contributed by atoms with Crippen LogP contribution in [-0.4, -0.2) is 104 Å². The van der Waals surface area contributed by atoms with E-state index < -0.39 is 83.8 Å². The summed E-state index contributed by atoms with van der Waals surface area (Å²) in [5.41, 5.74) is 8.37. The molecule has 0 saturated heterocycles. The van der Waals surface area contributed by atoms with Gasteiger partial charge in [0, 0.05) is 53.5 Å². The smallest absolute Gasteiger partial charge is 0.408 e. The van der Waals surface area contributed by atoms with Gasteiger partial charge in [-0.2, -0.15) is 11.8 Å². The first kappa shape index (κ1) is 47.2. The third kappa shape index (κ3) is 13.8. The zero-order chi connectivity index (χ0) is 45.7. The molecule has 0 aliphatic heterocycles. The summed E-state index contributed by atoms with van der Waals surface area (Å²) in [6.07, 6.45) is 3.58. The number of benzene rings is 3. The van der Waals surface area contributed by atoms with Crippen molar-refractivity contribution < 1.29 is 43.4 Å². The number of carbonyl (C=O) groups is 7. The molecule has 63 heavy (non-hydrogen) atoms. The summed E-state index contributed by atoms with van der Waals surface area (Å²) < 4.78 is 5.50. The van der Waals surface area contributed by atoms with Crippen LogP contribution >= 0.6 is 11.8 Å². The van der Waals surface area contributed by atoms with Gasteiger partial charge in [-0.25, -0.2) is 4.79 Å². The van der Waals surface area contributed by atoms with Crippen molar-refractivity contribution in [1.29, 1.82) is 0 Å². The highest BCUT2D eigenvalue weighted by Crippen LogP contribution is 2.22. The number of aromatic nitrogens is 2. The Bertz CT molecular complexity index is 2410. The lowest BCUT2D eigenvalue weighted by molar-refractivity contribution is -0.141. The molecular weight excluding hydrogens is 829 g/mol. The van der Waals surface area contributed by atoms with Gasteiger partial charge in [0.05, 0.1) is 6.42 Å². The number of para-hydroxylation sites is 2. The molecule has 0 saturated carbocycles. The first-order valence-electron chi connectivity index (χ1n) is 20.4. The summed E-state index contributed by atoms with van der Waals surface area (Å²) >= 11 is 1.38. The van der Waals surface area contributed by atoms with Gasteiger partial charge >= 0.3 is 12.1 Å². The van der Waals surface area contributed by atoms with Crippen LogP contribution in [-0.2, 0) is 52.8 Å². The molecule has 18 heteroatoms. The number of H-pyrrole nitrogens is 2. The predicted molar refractivity (Wildman–Crippen MR) is 239 cm³/mol. The van der Waals surface area contributed by atoms with E-state index in [-0.39, 0.29) is 25.7 Å². The van der Waals surface area contributed by atoms with Gasteiger partial charge in [-0.05, 0) is 68.0 Å². The second kappa shape index (κ2) is 21.8. The summed E-state index contributed by atoms with van der Waals surface area (Å²) in [4.78, 5) is 100. The maximum absolute atomic E-state index is 14.5. The first-order chi connectivity index (χ1) is 30.0. The summed E-state index contributed by atoms with van der Waals surface area (Å²) in [5.74, 6) is -5.25. The zero-order valence-electron chi connectivity index (χ0n) is 35.5. The molecule has 0 aliphatic carbocycles. The molecule has 0 unspecified atom stereocenters. The summed E-state index contributed by atoms with van der Waals surface area (Å²) in [5, 5.41) is 24.5. The second-order valence-corrected chi connectivity index (χ2v) is 17.0. The largest absolute Gasteiger partial charge is 0.481 e. The van der Waals surface area contributed by atoms with Crippen molar-refractivity contribution in [2.75, 3.05) is 12.0 Å². The number of rotatable bonds is 21. The van der Waals surface area contributed by atoms with E-state index in [4.69, 9.17) is 10.5 Å². The number of amides is 6. The van der Waals surface area contributed by atoms with Gasteiger partial charge in [0.25, 0.3) is 0 Å². The maximum Gasteiger partial charge on any atom is 0.408 e. The van der Waals surface area contributed by atoms with Gasteiger partial charge in [-0.1, -0.05) is 66.7 Å². The summed E-state index contributed by atoms with van der Waals surface area (Å²) in [7, 11) is 0. The SMILES string of the molecule is CSCC[C@H](NC(=O)[C@H](Cc1c[nH]c2ccccc12)NC(=O)[C@@H](Cc1c[nH]c2ccccc12)NC(=O)OC(C)(C)C)C(=O)N[C@@H](CC(=O)O)C(=O)N[C@@H](Cc1ccccc1)C(N)=O. The fourth-order valence-corrected chi connectivity index (χ4v) is 7.43. The van der Waals surface area contributed by atoms with Crippen molar-refractivity contribution in [3.63, 3.8) is 0 Å². The molecule has 5 aromatic rings. The van der Waals surface area contributed by atoms with Crippen molar-refractivity contribution in [1.82, 2.24) is 36.6 Å². The molecule has 5 atom stereocenters. The fourth-order valence-electron chi connectivity index (χ4n) is 6.96. The molecule has 6 amide bonds. The molecule has 10 N–H and O–H groups in total. The number of hydrogen-bond donors (Lipinski definition) is 9. The lowest BCUT2D eigenvalue weighted by Gasteiger charge is -2.27. The van der Waals surface area contributed by atoms with Crippen LogP contribution in [0.15, 0.2) is 91.3 Å². The molecule has 0 spiro atoms. The van der Waals surface area contributed by atoms with Crippen molar-refractivity contribution in [2.45, 2.75) is 88.7 Å². The molecule has 5 rings (SSSR count). The molecule has 0 fully saturated rings. The van der Waals surface area contributed by atoms with Crippen molar-refractivity contribution in [3.05, 3.63) is 108 Å². The standard InChI is InChI=1S/C45H54N8O9S/c1-45(2,3)62-44(61)53-36(22-28-25-48-32-17-11-9-15-30(28)32)42(59)51-35(21-27-24-47-31-16-10-8-14-29(27)31)41(58)49-33(18-19-63-4)40(57)52-37(23-38(54)55)43(60)50-34(39(46)56)20-26-12-6-5-7-13-26/h5-17,24-25,33-37,47-48H,18-23H2,1-4H3,(H2,46,56)(H,49,58)(H,50,60)(H,51,59)(H,52,57)(H,53,61)(H,54,55)/t33-,34-,35-,36+,37-/m0/s1. The third-order valence-electron chi connectivity index (χ3n) is 10.0. The van der Waals surface area contributed by atoms with E-state index in [9.17, 15) is 38.7 Å². The van der Waals surface area contributed by atoms with E-state index in [1.807, 2.05) is 48.5 Å². The number of aliphatic carboxylic acids is 1. The summed E-state index contributed by atoms with van der Waals surface area (Å²) in [6, 6.07) is 16.8. The van der Waals surface area contributed by atoms with Crippen LogP contribution in [0.5, 0.6) is 0 Å². The van der Waals surface area contributed by atoms with Crippen molar-refractivity contribution in [2.24, 2.45) is 5.73 Å². The Kier molecular flexibility index (Phi) is 16.4. The van der Waals surface area contributed by atoms with Gasteiger partial charge in [-0.15, -0.1) is 0 Å².